The van der Waals surface area contributed by atoms with Gasteiger partial charge in [0, 0.05) is 12.6 Å². The topological polar surface area (TPSA) is 92.1 Å². The molecule has 0 amide bonds. The minimum Gasteiger partial charge on any atom is -0.383 e. The Labute approximate surface area is 119 Å². The van der Waals surface area contributed by atoms with Crippen molar-refractivity contribution >= 4 is 15.8 Å². The maximum absolute atomic E-state index is 12.8. The number of aromatic nitrogens is 2. The number of sulfonamides is 1. The van der Waals surface area contributed by atoms with Crippen LogP contribution in [0.2, 0.25) is 0 Å². The molecule has 7 heteroatoms. The van der Waals surface area contributed by atoms with Crippen molar-refractivity contribution in [1.82, 2.24) is 14.5 Å². The second-order valence-corrected chi connectivity index (χ2v) is 7.90. The fraction of sp³-hybridized carbons (Fsp3) is 0.769. The second-order valence-electron chi connectivity index (χ2n) is 6.05. The van der Waals surface area contributed by atoms with E-state index in [2.05, 4.69) is 17.1 Å². The van der Waals surface area contributed by atoms with E-state index in [1.165, 1.54) is 12.6 Å². The Hall–Kier alpha value is -1.08. The molecular weight excluding hydrogens is 276 g/mol. The van der Waals surface area contributed by atoms with Gasteiger partial charge in [-0.3, -0.25) is 5.10 Å². The van der Waals surface area contributed by atoms with Gasteiger partial charge >= 0.3 is 0 Å². The second kappa shape index (κ2) is 5.04. The Balaban J connectivity index is 1.95. The first-order chi connectivity index (χ1) is 9.51. The number of anilines is 1. The van der Waals surface area contributed by atoms with E-state index in [-0.39, 0.29) is 16.8 Å². The predicted octanol–water partition coefficient (Wildman–Crippen LogP) is 1.58. The molecule has 112 valence electrons. The van der Waals surface area contributed by atoms with E-state index in [4.69, 9.17) is 5.73 Å². The molecule has 1 saturated heterocycles. The highest BCUT2D eigenvalue weighted by atomic mass is 32.2. The van der Waals surface area contributed by atoms with Crippen LogP contribution in [0.15, 0.2) is 11.1 Å². The van der Waals surface area contributed by atoms with Crippen LogP contribution < -0.4 is 5.73 Å². The van der Waals surface area contributed by atoms with Crippen molar-refractivity contribution in [2.75, 3.05) is 12.3 Å². The summed E-state index contributed by atoms with van der Waals surface area (Å²) in [5.41, 5.74) is 5.70. The first-order valence-electron chi connectivity index (χ1n) is 7.32. The quantitative estimate of drug-likeness (QED) is 0.867. The largest absolute Gasteiger partial charge is 0.383 e. The lowest BCUT2D eigenvalue weighted by molar-refractivity contribution is 0.0827. The Kier molecular flexibility index (Phi) is 3.50. The smallest absolute Gasteiger partial charge is 0.248 e. The highest BCUT2D eigenvalue weighted by molar-refractivity contribution is 7.89. The van der Waals surface area contributed by atoms with E-state index in [0.29, 0.717) is 18.4 Å². The minimum absolute atomic E-state index is 0.122. The molecule has 3 rings (SSSR count). The van der Waals surface area contributed by atoms with Crippen molar-refractivity contribution in [3.05, 3.63) is 6.20 Å². The van der Waals surface area contributed by atoms with Crippen LogP contribution in [0.3, 0.4) is 0 Å². The van der Waals surface area contributed by atoms with E-state index >= 15 is 0 Å². The zero-order valence-corrected chi connectivity index (χ0v) is 12.6. The normalized spacial score (nSPS) is 31.9. The summed E-state index contributed by atoms with van der Waals surface area (Å²) in [6.45, 7) is 2.84. The first-order valence-corrected chi connectivity index (χ1v) is 8.76. The van der Waals surface area contributed by atoms with Gasteiger partial charge in [0.25, 0.3) is 0 Å². The SMILES string of the molecule is CC1CCN(S(=O)(=O)c2cn[nH]c2N)C2CCCCC12. The average molecular weight is 298 g/mol. The van der Waals surface area contributed by atoms with Crippen LogP contribution in [-0.2, 0) is 10.0 Å². The van der Waals surface area contributed by atoms with E-state index in [0.717, 1.165) is 25.7 Å². The van der Waals surface area contributed by atoms with Crippen LogP contribution in [-0.4, -0.2) is 35.5 Å². The van der Waals surface area contributed by atoms with Crippen LogP contribution in [0.5, 0.6) is 0 Å². The third-order valence-corrected chi connectivity index (χ3v) is 6.86. The number of nitrogens with zero attached hydrogens (tertiary/aromatic N) is 2. The van der Waals surface area contributed by atoms with Gasteiger partial charge in [-0.2, -0.15) is 9.40 Å². The summed E-state index contributed by atoms with van der Waals surface area (Å²) in [5, 5.41) is 6.26. The number of nitrogens with two attached hydrogens (primary N) is 1. The Bertz CT molecular complexity index is 583. The molecule has 6 nitrogen and oxygen atoms in total. The number of hydrogen-bond donors (Lipinski definition) is 2. The molecule has 3 N–H and O–H groups in total. The van der Waals surface area contributed by atoms with Crippen LogP contribution in [0, 0.1) is 11.8 Å². The maximum Gasteiger partial charge on any atom is 0.248 e. The Morgan fingerprint density at radius 3 is 2.80 bits per heavy atom. The first kappa shape index (κ1) is 13.9. The molecule has 0 spiro atoms. The fourth-order valence-electron chi connectivity index (χ4n) is 3.79. The lowest BCUT2D eigenvalue weighted by Crippen LogP contribution is -2.52. The van der Waals surface area contributed by atoms with Gasteiger partial charge in [-0.15, -0.1) is 0 Å². The highest BCUT2D eigenvalue weighted by Crippen LogP contribution is 2.41. The maximum atomic E-state index is 12.8. The molecule has 0 aromatic carbocycles. The summed E-state index contributed by atoms with van der Waals surface area (Å²) in [6.07, 6.45) is 6.68. The summed E-state index contributed by atoms with van der Waals surface area (Å²) in [5.74, 6) is 1.23. The van der Waals surface area contributed by atoms with Crippen molar-refractivity contribution in [2.24, 2.45) is 11.8 Å². The number of rotatable bonds is 2. The molecule has 3 atom stereocenters. The molecule has 0 radical (unpaired) electrons. The predicted molar refractivity (Wildman–Crippen MR) is 76.4 cm³/mol. The number of fused-ring (bicyclic) bond motifs is 1. The zero-order valence-electron chi connectivity index (χ0n) is 11.7. The molecular formula is C13H22N4O2S. The Morgan fingerprint density at radius 1 is 1.35 bits per heavy atom. The van der Waals surface area contributed by atoms with Gasteiger partial charge in [-0.25, -0.2) is 8.42 Å². The van der Waals surface area contributed by atoms with Crippen LogP contribution in [0.1, 0.15) is 39.0 Å². The van der Waals surface area contributed by atoms with Crippen molar-refractivity contribution in [2.45, 2.75) is 50.0 Å². The van der Waals surface area contributed by atoms with Gasteiger partial charge in [-0.1, -0.05) is 19.8 Å². The number of H-pyrrole nitrogens is 1. The summed E-state index contributed by atoms with van der Waals surface area (Å²) < 4.78 is 27.3. The van der Waals surface area contributed by atoms with Gasteiger partial charge in [0.15, 0.2) is 0 Å². The molecule has 20 heavy (non-hydrogen) atoms. The number of nitrogens with one attached hydrogen (secondary N) is 1. The third kappa shape index (κ3) is 2.13. The van der Waals surface area contributed by atoms with Crippen molar-refractivity contribution < 1.29 is 8.42 Å². The van der Waals surface area contributed by atoms with Crippen LogP contribution in [0.25, 0.3) is 0 Å². The average Bonchev–Trinajstić information content (AvgIpc) is 2.86. The van der Waals surface area contributed by atoms with Crippen LogP contribution >= 0.6 is 0 Å². The van der Waals surface area contributed by atoms with Gasteiger partial charge in [0.05, 0.1) is 6.20 Å². The van der Waals surface area contributed by atoms with E-state index in [1.807, 2.05) is 0 Å². The molecule has 1 aromatic rings. The van der Waals surface area contributed by atoms with Crippen molar-refractivity contribution in [3.63, 3.8) is 0 Å². The summed E-state index contributed by atoms with van der Waals surface area (Å²) in [4.78, 5) is 0.122. The van der Waals surface area contributed by atoms with Gasteiger partial charge in [0.1, 0.15) is 10.7 Å². The standard InChI is InChI=1S/C13H22N4O2S/c1-9-6-7-17(11-5-3-2-4-10(9)11)20(18,19)12-8-15-16-13(12)14/h8-11H,2-7H2,1H3,(H3,14,15,16). The number of nitrogen functional groups attached to an aromatic ring is 1. The number of hydrogen-bond acceptors (Lipinski definition) is 4. The minimum atomic E-state index is -3.53. The molecule has 2 fully saturated rings. The molecule has 2 heterocycles. The van der Waals surface area contributed by atoms with E-state index < -0.39 is 10.0 Å². The van der Waals surface area contributed by atoms with Crippen molar-refractivity contribution in [3.8, 4) is 0 Å². The zero-order chi connectivity index (χ0) is 14.3. The molecule has 2 aliphatic rings. The third-order valence-electron chi connectivity index (χ3n) is 4.91. The van der Waals surface area contributed by atoms with Gasteiger partial charge in [0.2, 0.25) is 10.0 Å². The highest BCUT2D eigenvalue weighted by Gasteiger charge is 2.43. The fourth-order valence-corrected chi connectivity index (χ4v) is 5.51. The molecule has 1 aromatic heterocycles. The molecule has 3 unspecified atom stereocenters. The van der Waals surface area contributed by atoms with E-state index in [1.54, 1.807) is 4.31 Å². The van der Waals surface area contributed by atoms with Crippen molar-refractivity contribution in [1.29, 1.82) is 0 Å². The number of aromatic amines is 1. The lowest BCUT2D eigenvalue weighted by atomic mass is 9.74. The lowest BCUT2D eigenvalue weighted by Gasteiger charge is -2.46. The molecule has 0 bridgehead atoms. The number of piperidine rings is 1. The summed E-state index contributed by atoms with van der Waals surface area (Å²) in [6, 6.07) is 0.131. The monoisotopic (exact) mass is 298 g/mol. The van der Waals surface area contributed by atoms with E-state index in [9.17, 15) is 8.42 Å². The summed E-state index contributed by atoms with van der Waals surface area (Å²) in [7, 11) is -3.53. The van der Waals surface area contributed by atoms with Gasteiger partial charge in [-0.05, 0) is 31.1 Å². The van der Waals surface area contributed by atoms with Gasteiger partial charge < -0.3 is 5.73 Å². The summed E-state index contributed by atoms with van der Waals surface area (Å²) >= 11 is 0. The Morgan fingerprint density at radius 2 is 2.10 bits per heavy atom. The molecule has 1 aliphatic heterocycles. The molecule has 1 saturated carbocycles. The van der Waals surface area contributed by atoms with Crippen LogP contribution in [0.4, 0.5) is 5.82 Å². The molecule has 1 aliphatic carbocycles.